The van der Waals surface area contributed by atoms with Crippen molar-refractivity contribution in [2.24, 2.45) is 0 Å². The van der Waals surface area contributed by atoms with Crippen molar-refractivity contribution >= 4 is 33.3 Å². The smallest absolute Gasteiger partial charge is 0.309 e. The van der Waals surface area contributed by atoms with Crippen LogP contribution in [0.1, 0.15) is 24.4 Å². The Morgan fingerprint density at radius 3 is 2.35 bits per heavy atom. The molecule has 2 aromatic rings. The number of rotatable bonds is 7. The first-order chi connectivity index (χ1) is 12.4. The van der Waals surface area contributed by atoms with Crippen LogP contribution in [-0.4, -0.2) is 33.3 Å². The molecular weight excluding hydrogens is 380 g/mol. The average molecular weight is 399 g/mol. The number of carbonyl (C=O) groups excluding carboxylic acids is 2. The van der Waals surface area contributed by atoms with Crippen molar-refractivity contribution in [2.75, 3.05) is 13.1 Å². The zero-order valence-electron chi connectivity index (χ0n) is 14.1. The minimum atomic E-state index is -3.88. The Balaban J connectivity index is 2.21. The normalized spacial score (nSPS) is 12.4. The summed E-state index contributed by atoms with van der Waals surface area (Å²) in [5.41, 5.74) is 0. The molecule has 2 amide bonds. The molecule has 0 fully saturated rings. The molecule has 2 N–H and O–H groups in total. The maximum atomic E-state index is 12.9. The quantitative estimate of drug-likeness (QED) is 0.695. The summed E-state index contributed by atoms with van der Waals surface area (Å²) in [6.45, 7) is 1.90. The molecule has 1 aromatic carbocycles. The van der Waals surface area contributed by atoms with E-state index in [0.717, 1.165) is 0 Å². The highest BCUT2D eigenvalue weighted by atomic mass is 35.5. The lowest BCUT2D eigenvalue weighted by Gasteiger charge is -2.16. The molecule has 0 spiro atoms. The van der Waals surface area contributed by atoms with Gasteiger partial charge in [0.05, 0.1) is 11.2 Å². The van der Waals surface area contributed by atoms with E-state index in [2.05, 4.69) is 10.6 Å². The van der Waals surface area contributed by atoms with E-state index in [1.165, 1.54) is 36.6 Å². The first kappa shape index (κ1) is 20.0. The number of amides is 2. The van der Waals surface area contributed by atoms with Crippen LogP contribution in [0.2, 0.25) is 5.02 Å². The van der Waals surface area contributed by atoms with Crippen LogP contribution in [0.25, 0.3) is 0 Å². The minimum Gasteiger partial charge on any atom is -0.468 e. The molecule has 0 radical (unpaired) electrons. The van der Waals surface area contributed by atoms with E-state index in [4.69, 9.17) is 16.0 Å². The molecule has 0 aliphatic heterocycles. The maximum absolute atomic E-state index is 12.9. The summed E-state index contributed by atoms with van der Waals surface area (Å²) in [6.07, 6.45) is 2.02. The van der Waals surface area contributed by atoms with Crippen molar-refractivity contribution < 1.29 is 22.4 Å². The third-order valence-corrected chi connectivity index (χ3v) is 5.90. The first-order valence-corrected chi connectivity index (χ1v) is 9.87. The zero-order chi connectivity index (χ0) is 19.2. The van der Waals surface area contributed by atoms with E-state index in [9.17, 15) is 18.0 Å². The van der Waals surface area contributed by atoms with E-state index in [1.54, 1.807) is 6.07 Å². The molecule has 2 rings (SSSR count). The van der Waals surface area contributed by atoms with Gasteiger partial charge in [-0.3, -0.25) is 9.59 Å². The van der Waals surface area contributed by atoms with Gasteiger partial charge in [0.2, 0.25) is 0 Å². The molecule has 7 nitrogen and oxygen atoms in total. The summed E-state index contributed by atoms with van der Waals surface area (Å²) in [7, 11) is -3.88. The number of sulfone groups is 1. The molecule has 1 atom stereocenters. The Kier molecular flexibility index (Phi) is 6.82. The van der Waals surface area contributed by atoms with Gasteiger partial charge in [-0.25, -0.2) is 8.42 Å². The van der Waals surface area contributed by atoms with E-state index >= 15 is 0 Å². The van der Waals surface area contributed by atoms with Crippen molar-refractivity contribution in [1.29, 1.82) is 0 Å². The largest absolute Gasteiger partial charge is 0.468 e. The van der Waals surface area contributed by atoms with Crippen LogP contribution in [-0.2, 0) is 19.4 Å². The topological polar surface area (TPSA) is 105 Å². The molecule has 140 valence electrons. The minimum absolute atomic E-state index is 0.0352. The van der Waals surface area contributed by atoms with Crippen LogP contribution in [0.5, 0.6) is 0 Å². The van der Waals surface area contributed by atoms with Crippen molar-refractivity contribution in [1.82, 2.24) is 10.6 Å². The van der Waals surface area contributed by atoms with Crippen molar-refractivity contribution in [3.63, 3.8) is 0 Å². The Hall–Kier alpha value is -2.32. The molecule has 0 aliphatic rings. The molecule has 0 bridgehead atoms. The zero-order valence-corrected chi connectivity index (χ0v) is 15.6. The number of carbonyl (C=O) groups is 2. The van der Waals surface area contributed by atoms with Crippen LogP contribution >= 0.6 is 11.6 Å². The van der Waals surface area contributed by atoms with Crippen molar-refractivity contribution in [3.05, 3.63) is 53.4 Å². The number of furan rings is 1. The molecule has 0 saturated carbocycles. The molecule has 0 aliphatic carbocycles. The van der Waals surface area contributed by atoms with Gasteiger partial charge in [0.1, 0.15) is 11.0 Å². The maximum Gasteiger partial charge on any atom is 0.309 e. The van der Waals surface area contributed by atoms with Crippen LogP contribution < -0.4 is 10.6 Å². The lowest BCUT2D eigenvalue weighted by atomic mass is 10.3. The SMILES string of the molecule is CCCNC(=O)C(=O)NCC(c1ccco1)S(=O)(=O)c1ccc(Cl)cc1. The third kappa shape index (κ3) is 4.86. The lowest BCUT2D eigenvalue weighted by Crippen LogP contribution is -2.42. The van der Waals surface area contributed by atoms with Crippen LogP contribution in [0.4, 0.5) is 0 Å². The highest BCUT2D eigenvalue weighted by Gasteiger charge is 2.32. The fourth-order valence-electron chi connectivity index (χ4n) is 2.21. The van der Waals surface area contributed by atoms with Gasteiger partial charge in [-0.15, -0.1) is 0 Å². The second kappa shape index (κ2) is 8.86. The predicted octanol–water partition coefficient (Wildman–Crippen LogP) is 2.09. The summed E-state index contributed by atoms with van der Waals surface area (Å²) >= 11 is 5.81. The number of benzene rings is 1. The second-order valence-corrected chi connectivity index (χ2v) is 8.04. The van der Waals surface area contributed by atoms with Gasteiger partial charge in [0, 0.05) is 18.1 Å². The predicted molar refractivity (Wildman–Crippen MR) is 96.4 cm³/mol. The number of hydrogen-bond donors (Lipinski definition) is 2. The molecule has 9 heteroatoms. The summed E-state index contributed by atoms with van der Waals surface area (Å²) in [5, 5.41) is 4.00. The van der Waals surface area contributed by atoms with E-state index in [-0.39, 0.29) is 17.2 Å². The van der Waals surface area contributed by atoms with Crippen LogP contribution in [0, 0.1) is 0 Å². The van der Waals surface area contributed by atoms with E-state index < -0.39 is 26.9 Å². The standard InChI is InChI=1S/C17H19ClN2O5S/c1-2-9-19-16(21)17(22)20-11-15(14-4-3-10-25-14)26(23,24)13-7-5-12(18)6-8-13/h3-8,10,15H,2,9,11H2,1H3,(H,19,21)(H,20,22). The monoisotopic (exact) mass is 398 g/mol. The third-order valence-electron chi connectivity index (χ3n) is 3.57. The fourth-order valence-corrected chi connectivity index (χ4v) is 3.92. The first-order valence-electron chi connectivity index (χ1n) is 7.95. The van der Waals surface area contributed by atoms with Gasteiger partial charge < -0.3 is 15.1 Å². The summed E-state index contributed by atoms with van der Waals surface area (Å²) in [4.78, 5) is 23.5. The molecule has 1 aromatic heterocycles. The number of nitrogens with one attached hydrogen (secondary N) is 2. The summed E-state index contributed by atoms with van der Waals surface area (Å²) in [6, 6.07) is 8.73. The lowest BCUT2D eigenvalue weighted by molar-refractivity contribution is -0.139. The van der Waals surface area contributed by atoms with Gasteiger partial charge in [0.15, 0.2) is 9.84 Å². The number of halogens is 1. The number of hydrogen-bond acceptors (Lipinski definition) is 5. The molecule has 0 saturated heterocycles. The molecular formula is C17H19ClN2O5S. The molecule has 26 heavy (non-hydrogen) atoms. The van der Waals surface area contributed by atoms with Crippen LogP contribution in [0.3, 0.4) is 0 Å². The van der Waals surface area contributed by atoms with Crippen molar-refractivity contribution in [2.45, 2.75) is 23.5 Å². The van der Waals surface area contributed by atoms with E-state index in [0.29, 0.717) is 18.0 Å². The second-order valence-electron chi connectivity index (χ2n) is 5.47. The summed E-state index contributed by atoms with van der Waals surface area (Å²) < 4.78 is 31.1. The Morgan fingerprint density at radius 2 is 1.77 bits per heavy atom. The molecule has 1 heterocycles. The van der Waals surface area contributed by atoms with E-state index in [1.807, 2.05) is 6.92 Å². The van der Waals surface area contributed by atoms with Crippen molar-refractivity contribution in [3.8, 4) is 0 Å². The fraction of sp³-hybridized carbons (Fsp3) is 0.294. The Labute approximate surface area is 156 Å². The molecule has 1 unspecified atom stereocenters. The Bertz CT molecular complexity index is 848. The van der Waals surface area contributed by atoms with Gasteiger partial charge in [-0.1, -0.05) is 18.5 Å². The Morgan fingerprint density at radius 1 is 1.12 bits per heavy atom. The highest BCUT2D eigenvalue weighted by Crippen LogP contribution is 2.29. The summed E-state index contributed by atoms with van der Waals surface area (Å²) in [5.74, 6) is -1.55. The van der Waals surface area contributed by atoms with Crippen LogP contribution in [0.15, 0.2) is 52.0 Å². The highest BCUT2D eigenvalue weighted by molar-refractivity contribution is 7.91. The van der Waals surface area contributed by atoms with Gasteiger partial charge in [0.25, 0.3) is 0 Å². The van der Waals surface area contributed by atoms with Gasteiger partial charge in [-0.05, 0) is 42.8 Å². The van der Waals surface area contributed by atoms with Gasteiger partial charge >= 0.3 is 11.8 Å². The average Bonchev–Trinajstić information content (AvgIpc) is 3.14. The van der Waals surface area contributed by atoms with Gasteiger partial charge in [-0.2, -0.15) is 0 Å².